The maximum atomic E-state index is 4.16. The van der Waals surface area contributed by atoms with E-state index in [9.17, 15) is 0 Å². The molecule has 22 heavy (non-hydrogen) atoms. The molecule has 1 aromatic carbocycles. The minimum atomic E-state index is 0.596. The molecule has 0 spiro atoms. The van der Waals surface area contributed by atoms with Gasteiger partial charge in [0.2, 0.25) is 0 Å². The van der Waals surface area contributed by atoms with Crippen LogP contribution in [0.15, 0.2) is 30.5 Å². The molecule has 0 saturated carbocycles. The smallest absolute Gasteiger partial charge is 0.0414 e. The van der Waals surface area contributed by atoms with E-state index in [2.05, 4.69) is 62.5 Å². The average Bonchev–Trinajstić information content (AvgIpc) is 3.05. The zero-order chi connectivity index (χ0) is 15.9. The normalized spacial score (nSPS) is 24.6. The van der Waals surface area contributed by atoms with Gasteiger partial charge in [-0.2, -0.15) is 0 Å². The summed E-state index contributed by atoms with van der Waals surface area (Å²) in [5.41, 5.74) is 5.92. The molecule has 0 N–H and O–H groups in total. The number of fused-ring (bicyclic) bond motifs is 1. The number of benzene rings is 1. The lowest BCUT2D eigenvalue weighted by Gasteiger charge is -2.31. The van der Waals surface area contributed by atoms with Gasteiger partial charge in [-0.15, -0.1) is 0 Å². The van der Waals surface area contributed by atoms with Crippen LogP contribution < -0.4 is 0 Å². The van der Waals surface area contributed by atoms with Crippen molar-refractivity contribution < 1.29 is 0 Å². The minimum Gasteiger partial charge on any atom is -0.374 e. The molecule has 0 aromatic heterocycles. The van der Waals surface area contributed by atoms with Crippen molar-refractivity contribution in [1.29, 1.82) is 0 Å². The molecule has 2 aliphatic rings. The summed E-state index contributed by atoms with van der Waals surface area (Å²) in [7, 11) is 4.50. The van der Waals surface area contributed by atoms with Gasteiger partial charge in [0.15, 0.2) is 0 Å². The van der Waals surface area contributed by atoms with Crippen LogP contribution in [0.2, 0.25) is 0 Å². The van der Waals surface area contributed by atoms with Gasteiger partial charge >= 0.3 is 0 Å². The van der Waals surface area contributed by atoms with Crippen LogP contribution in [0.4, 0.5) is 0 Å². The average molecular weight is 298 g/mol. The zero-order valence-electron chi connectivity index (χ0n) is 14.6. The molecular weight excluding hydrogens is 268 g/mol. The van der Waals surface area contributed by atoms with Crippen molar-refractivity contribution in [2.24, 2.45) is 0 Å². The molecule has 1 aliphatic heterocycles. The van der Waals surface area contributed by atoms with E-state index in [-0.39, 0.29) is 0 Å². The Morgan fingerprint density at radius 1 is 1.27 bits per heavy atom. The van der Waals surface area contributed by atoms with E-state index in [0.29, 0.717) is 18.0 Å². The summed E-state index contributed by atoms with van der Waals surface area (Å²) in [6.45, 7) is 9.87. The predicted octanol–water partition coefficient (Wildman–Crippen LogP) is 4.34. The third-order valence-corrected chi connectivity index (χ3v) is 5.72. The Morgan fingerprint density at radius 3 is 2.68 bits per heavy atom. The first kappa shape index (κ1) is 15.6. The van der Waals surface area contributed by atoms with E-state index >= 15 is 0 Å². The van der Waals surface area contributed by atoms with Crippen molar-refractivity contribution in [1.82, 2.24) is 9.80 Å². The van der Waals surface area contributed by atoms with E-state index in [0.717, 1.165) is 13.0 Å². The number of likely N-dealkylation sites (tertiary alicyclic amines) is 1. The highest BCUT2D eigenvalue weighted by molar-refractivity contribution is 5.39. The third kappa shape index (κ3) is 2.81. The lowest BCUT2D eigenvalue weighted by Crippen LogP contribution is -2.37. The van der Waals surface area contributed by atoms with Gasteiger partial charge in [0.1, 0.15) is 0 Å². The summed E-state index contributed by atoms with van der Waals surface area (Å²) >= 11 is 0. The molecule has 2 heteroatoms. The SMILES string of the molecule is C=C1CC[C@@H](CN(C)C2CCc3cc(C(C)C)ccc32)N1C. The van der Waals surface area contributed by atoms with Crippen LogP contribution in [0.1, 0.15) is 61.8 Å². The maximum Gasteiger partial charge on any atom is 0.0414 e. The highest BCUT2D eigenvalue weighted by atomic mass is 15.2. The van der Waals surface area contributed by atoms with Gasteiger partial charge in [-0.05, 0) is 55.3 Å². The van der Waals surface area contributed by atoms with Crippen molar-refractivity contribution in [3.05, 3.63) is 47.2 Å². The molecule has 1 heterocycles. The number of rotatable bonds is 4. The Bertz CT molecular complexity index is 561. The molecule has 0 amide bonds. The molecular formula is C20H30N2. The van der Waals surface area contributed by atoms with Gasteiger partial charge in [0, 0.05) is 31.4 Å². The van der Waals surface area contributed by atoms with E-state index in [4.69, 9.17) is 0 Å². The number of nitrogens with zero attached hydrogens (tertiary/aromatic N) is 2. The number of likely N-dealkylation sites (N-methyl/N-ethyl adjacent to an activating group) is 2. The van der Waals surface area contributed by atoms with Gasteiger partial charge in [0.25, 0.3) is 0 Å². The van der Waals surface area contributed by atoms with Crippen LogP contribution >= 0.6 is 0 Å². The number of aryl methyl sites for hydroxylation is 1. The lowest BCUT2D eigenvalue weighted by atomic mass is 9.97. The Morgan fingerprint density at radius 2 is 2.05 bits per heavy atom. The first-order chi connectivity index (χ1) is 10.5. The van der Waals surface area contributed by atoms with Crippen molar-refractivity contribution in [3.8, 4) is 0 Å². The predicted molar refractivity (Wildman–Crippen MR) is 94.1 cm³/mol. The van der Waals surface area contributed by atoms with Crippen molar-refractivity contribution in [2.45, 2.75) is 57.5 Å². The molecule has 1 aromatic rings. The van der Waals surface area contributed by atoms with Crippen LogP contribution in [0.25, 0.3) is 0 Å². The summed E-state index contributed by atoms with van der Waals surface area (Å²) < 4.78 is 0. The number of hydrogen-bond donors (Lipinski definition) is 0. The van der Waals surface area contributed by atoms with E-state index < -0.39 is 0 Å². The van der Waals surface area contributed by atoms with Crippen LogP contribution in [0, 0.1) is 0 Å². The van der Waals surface area contributed by atoms with E-state index in [1.54, 1.807) is 11.1 Å². The fourth-order valence-corrected chi connectivity index (χ4v) is 4.07. The van der Waals surface area contributed by atoms with Gasteiger partial charge in [-0.1, -0.05) is 38.6 Å². The van der Waals surface area contributed by atoms with Gasteiger partial charge in [-0.3, -0.25) is 4.90 Å². The molecule has 0 bridgehead atoms. The van der Waals surface area contributed by atoms with Crippen molar-refractivity contribution >= 4 is 0 Å². The second-order valence-electron chi connectivity index (χ2n) is 7.48. The van der Waals surface area contributed by atoms with Crippen LogP contribution in [-0.4, -0.2) is 36.5 Å². The monoisotopic (exact) mass is 298 g/mol. The molecule has 2 nitrogen and oxygen atoms in total. The fourth-order valence-electron chi connectivity index (χ4n) is 4.07. The van der Waals surface area contributed by atoms with E-state index in [1.807, 2.05) is 0 Å². The van der Waals surface area contributed by atoms with Crippen LogP contribution in [0.3, 0.4) is 0 Å². The summed E-state index contributed by atoms with van der Waals surface area (Å²) in [6, 6.07) is 8.39. The molecule has 1 aliphatic carbocycles. The topological polar surface area (TPSA) is 6.48 Å². The van der Waals surface area contributed by atoms with Crippen molar-refractivity contribution in [2.75, 3.05) is 20.6 Å². The lowest BCUT2D eigenvalue weighted by molar-refractivity contribution is 0.186. The summed E-state index contributed by atoms with van der Waals surface area (Å²) in [5.74, 6) is 0.625. The van der Waals surface area contributed by atoms with Gasteiger partial charge in [0.05, 0.1) is 0 Å². The summed E-state index contributed by atoms with van der Waals surface area (Å²) in [6.07, 6.45) is 4.92. The Kier molecular flexibility index (Phi) is 4.31. The first-order valence-corrected chi connectivity index (χ1v) is 8.71. The minimum absolute atomic E-state index is 0.596. The van der Waals surface area contributed by atoms with Crippen LogP contribution in [0.5, 0.6) is 0 Å². The Labute approximate surface area is 135 Å². The molecule has 3 rings (SSSR count). The zero-order valence-corrected chi connectivity index (χ0v) is 14.6. The second-order valence-corrected chi connectivity index (χ2v) is 7.48. The molecule has 120 valence electrons. The molecule has 1 saturated heterocycles. The first-order valence-electron chi connectivity index (χ1n) is 8.71. The second kappa shape index (κ2) is 6.08. The highest BCUT2D eigenvalue weighted by Gasteiger charge is 2.30. The van der Waals surface area contributed by atoms with Crippen LogP contribution in [-0.2, 0) is 6.42 Å². The van der Waals surface area contributed by atoms with Gasteiger partial charge < -0.3 is 4.90 Å². The van der Waals surface area contributed by atoms with Gasteiger partial charge in [-0.25, -0.2) is 0 Å². The molecule has 0 radical (unpaired) electrons. The Balaban J connectivity index is 1.71. The number of hydrogen-bond acceptors (Lipinski definition) is 2. The molecule has 1 fully saturated rings. The standard InChI is InChI=1S/C20H30N2/c1-14(2)16-7-10-19-17(12-16)8-11-20(19)21(4)13-18-9-6-15(3)22(18)5/h7,10,12,14,18,20H,3,6,8-9,11,13H2,1-2,4-5H3/t18-,20?/m0/s1. The fraction of sp³-hybridized carbons (Fsp3) is 0.600. The third-order valence-electron chi connectivity index (χ3n) is 5.72. The quantitative estimate of drug-likeness (QED) is 0.816. The number of allylic oxidation sites excluding steroid dienone is 1. The van der Waals surface area contributed by atoms with E-state index in [1.165, 1.54) is 30.5 Å². The van der Waals surface area contributed by atoms with Crippen molar-refractivity contribution in [3.63, 3.8) is 0 Å². The highest BCUT2D eigenvalue weighted by Crippen LogP contribution is 2.37. The largest absolute Gasteiger partial charge is 0.374 e. The summed E-state index contributed by atoms with van der Waals surface area (Å²) in [4.78, 5) is 4.95. The Hall–Kier alpha value is -1.28. The molecule has 1 unspecified atom stereocenters. The summed E-state index contributed by atoms with van der Waals surface area (Å²) in [5, 5.41) is 0. The molecule has 2 atom stereocenters. The maximum absolute atomic E-state index is 4.16.